The minimum absolute atomic E-state index is 0.154. The van der Waals surface area contributed by atoms with E-state index in [1.807, 2.05) is 14.0 Å². The second kappa shape index (κ2) is 4.43. The van der Waals surface area contributed by atoms with Crippen LogP contribution in [0.25, 0.3) is 0 Å². The second-order valence-corrected chi connectivity index (χ2v) is 3.09. The number of rotatable bonds is 4. The first-order valence-electron chi connectivity index (χ1n) is 4.46. The Morgan fingerprint density at radius 2 is 2.14 bits per heavy atom. The van der Waals surface area contributed by atoms with E-state index in [2.05, 4.69) is 5.10 Å². The summed E-state index contributed by atoms with van der Waals surface area (Å²) < 4.78 is 12.2. The highest BCUT2D eigenvalue weighted by Crippen LogP contribution is 2.28. The van der Waals surface area contributed by atoms with E-state index in [0.29, 0.717) is 12.4 Å². The Labute approximate surface area is 83.8 Å². The maximum atomic E-state index is 5.60. The zero-order valence-corrected chi connectivity index (χ0v) is 9.07. The summed E-state index contributed by atoms with van der Waals surface area (Å²) >= 11 is 0. The minimum atomic E-state index is -0.154. The molecule has 1 heterocycles. The fourth-order valence-electron chi connectivity index (χ4n) is 1.60. The Kier molecular flexibility index (Phi) is 3.49. The molecule has 0 bridgehead atoms. The van der Waals surface area contributed by atoms with Gasteiger partial charge in [0.25, 0.3) is 0 Å². The average Bonchev–Trinajstić information content (AvgIpc) is 2.44. The van der Waals surface area contributed by atoms with Crippen LogP contribution in [0.3, 0.4) is 0 Å². The van der Waals surface area contributed by atoms with Crippen molar-refractivity contribution in [2.75, 3.05) is 20.8 Å². The maximum absolute atomic E-state index is 5.60. The maximum Gasteiger partial charge on any atom is 0.217 e. The molecule has 0 fully saturated rings. The lowest BCUT2D eigenvalue weighted by molar-refractivity contribution is 0.107. The molecule has 5 nitrogen and oxygen atoms in total. The van der Waals surface area contributed by atoms with E-state index in [-0.39, 0.29) is 6.10 Å². The third-order valence-electron chi connectivity index (χ3n) is 2.23. The van der Waals surface area contributed by atoms with Crippen molar-refractivity contribution in [3.05, 3.63) is 11.3 Å². The normalized spacial score (nSPS) is 12.9. The zero-order chi connectivity index (χ0) is 10.7. The zero-order valence-electron chi connectivity index (χ0n) is 9.07. The second-order valence-electron chi connectivity index (χ2n) is 3.09. The number of hydrogen-bond donors (Lipinski definition) is 1. The summed E-state index contributed by atoms with van der Waals surface area (Å²) in [5, 5.41) is 4.25. The van der Waals surface area contributed by atoms with Crippen molar-refractivity contribution in [2.24, 2.45) is 12.8 Å². The van der Waals surface area contributed by atoms with Gasteiger partial charge in [0.15, 0.2) is 0 Å². The van der Waals surface area contributed by atoms with Gasteiger partial charge in [0.05, 0.1) is 18.4 Å². The fourth-order valence-corrected chi connectivity index (χ4v) is 1.60. The molecule has 0 aromatic carbocycles. The molecule has 1 aromatic rings. The molecule has 1 unspecified atom stereocenters. The fraction of sp³-hybridized carbons (Fsp3) is 0.667. The van der Waals surface area contributed by atoms with Gasteiger partial charge in [0.2, 0.25) is 5.88 Å². The van der Waals surface area contributed by atoms with Crippen LogP contribution in [-0.2, 0) is 11.8 Å². The molecular weight excluding hydrogens is 182 g/mol. The van der Waals surface area contributed by atoms with Gasteiger partial charge in [-0.2, -0.15) is 5.10 Å². The first-order chi connectivity index (χ1) is 6.65. The summed E-state index contributed by atoms with van der Waals surface area (Å²) in [5.74, 6) is 0.708. The van der Waals surface area contributed by atoms with Gasteiger partial charge in [-0.15, -0.1) is 0 Å². The van der Waals surface area contributed by atoms with E-state index in [0.717, 1.165) is 11.3 Å². The lowest BCUT2D eigenvalue weighted by atomic mass is 10.1. The molecule has 0 spiro atoms. The molecule has 0 aliphatic rings. The van der Waals surface area contributed by atoms with Gasteiger partial charge in [-0.25, -0.2) is 4.68 Å². The summed E-state index contributed by atoms with van der Waals surface area (Å²) in [7, 11) is 5.07. The molecule has 0 aliphatic heterocycles. The van der Waals surface area contributed by atoms with Crippen LogP contribution < -0.4 is 10.5 Å². The molecule has 0 saturated heterocycles. The third kappa shape index (κ3) is 1.73. The van der Waals surface area contributed by atoms with Crippen LogP contribution in [-0.4, -0.2) is 30.5 Å². The SMILES string of the molecule is COc1c(C(CN)OC)c(C)nn1C. The van der Waals surface area contributed by atoms with Crippen molar-refractivity contribution in [1.82, 2.24) is 9.78 Å². The number of aryl methyl sites for hydroxylation is 2. The van der Waals surface area contributed by atoms with Crippen LogP contribution in [0.15, 0.2) is 0 Å². The number of hydrogen-bond acceptors (Lipinski definition) is 4. The van der Waals surface area contributed by atoms with E-state index >= 15 is 0 Å². The number of methoxy groups -OCH3 is 2. The molecule has 0 amide bonds. The summed E-state index contributed by atoms with van der Waals surface area (Å²) in [5.41, 5.74) is 7.42. The molecule has 80 valence electrons. The molecule has 1 atom stereocenters. The van der Waals surface area contributed by atoms with Gasteiger partial charge in [0.1, 0.15) is 6.10 Å². The molecule has 5 heteroatoms. The van der Waals surface area contributed by atoms with E-state index in [4.69, 9.17) is 15.2 Å². The monoisotopic (exact) mass is 199 g/mol. The summed E-state index contributed by atoms with van der Waals surface area (Å²) in [6.45, 7) is 2.33. The van der Waals surface area contributed by atoms with Crippen LogP contribution in [0, 0.1) is 6.92 Å². The highest BCUT2D eigenvalue weighted by Gasteiger charge is 2.21. The Bertz CT molecular complexity index is 305. The summed E-state index contributed by atoms with van der Waals surface area (Å²) in [6, 6.07) is 0. The highest BCUT2D eigenvalue weighted by atomic mass is 16.5. The molecule has 0 aliphatic carbocycles. The number of nitrogens with zero attached hydrogens (tertiary/aromatic N) is 2. The van der Waals surface area contributed by atoms with E-state index in [9.17, 15) is 0 Å². The Balaban J connectivity index is 3.16. The topological polar surface area (TPSA) is 62.3 Å². The van der Waals surface area contributed by atoms with Crippen molar-refractivity contribution >= 4 is 0 Å². The quantitative estimate of drug-likeness (QED) is 0.761. The van der Waals surface area contributed by atoms with Crippen LogP contribution in [0.2, 0.25) is 0 Å². The van der Waals surface area contributed by atoms with Crippen LogP contribution in [0.1, 0.15) is 17.4 Å². The van der Waals surface area contributed by atoms with Crippen LogP contribution >= 0.6 is 0 Å². The smallest absolute Gasteiger partial charge is 0.217 e. The first-order valence-corrected chi connectivity index (χ1v) is 4.46. The Morgan fingerprint density at radius 1 is 1.50 bits per heavy atom. The van der Waals surface area contributed by atoms with E-state index in [1.165, 1.54) is 0 Å². The van der Waals surface area contributed by atoms with Crippen molar-refractivity contribution < 1.29 is 9.47 Å². The predicted molar refractivity (Wildman–Crippen MR) is 53.3 cm³/mol. The van der Waals surface area contributed by atoms with Crippen molar-refractivity contribution in [3.63, 3.8) is 0 Å². The van der Waals surface area contributed by atoms with Gasteiger partial charge < -0.3 is 15.2 Å². The van der Waals surface area contributed by atoms with Crippen molar-refractivity contribution in [1.29, 1.82) is 0 Å². The highest BCUT2D eigenvalue weighted by molar-refractivity contribution is 5.33. The molecular formula is C9H17N3O2. The van der Waals surface area contributed by atoms with E-state index < -0.39 is 0 Å². The molecule has 0 radical (unpaired) electrons. The van der Waals surface area contributed by atoms with Crippen molar-refractivity contribution in [3.8, 4) is 5.88 Å². The molecule has 1 rings (SSSR count). The standard InChI is InChI=1S/C9H17N3O2/c1-6-8(7(5-10)13-3)9(14-4)12(2)11-6/h7H,5,10H2,1-4H3. The lowest BCUT2D eigenvalue weighted by Gasteiger charge is -2.13. The number of nitrogens with two attached hydrogens (primary N) is 1. The molecule has 1 aromatic heterocycles. The largest absolute Gasteiger partial charge is 0.481 e. The summed E-state index contributed by atoms with van der Waals surface area (Å²) in [6.07, 6.45) is -0.154. The molecule has 2 N–H and O–H groups in total. The number of ether oxygens (including phenoxy) is 2. The number of aromatic nitrogens is 2. The average molecular weight is 199 g/mol. The van der Waals surface area contributed by atoms with Gasteiger partial charge in [-0.05, 0) is 6.92 Å². The Morgan fingerprint density at radius 3 is 2.57 bits per heavy atom. The molecule has 0 saturated carbocycles. The first kappa shape index (κ1) is 11.0. The van der Waals surface area contributed by atoms with Gasteiger partial charge in [-0.1, -0.05) is 0 Å². The predicted octanol–water partition coefficient (Wildman–Crippen LogP) is 0.383. The third-order valence-corrected chi connectivity index (χ3v) is 2.23. The minimum Gasteiger partial charge on any atom is -0.481 e. The Hall–Kier alpha value is -1.07. The van der Waals surface area contributed by atoms with Crippen molar-refractivity contribution in [2.45, 2.75) is 13.0 Å². The molecule has 14 heavy (non-hydrogen) atoms. The lowest BCUT2D eigenvalue weighted by Crippen LogP contribution is -2.15. The van der Waals surface area contributed by atoms with Gasteiger partial charge in [0, 0.05) is 20.7 Å². The van der Waals surface area contributed by atoms with Gasteiger partial charge >= 0.3 is 0 Å². The van der Waals surface area contributed by atoms with Gasteiger partial charge in [-0.3, -0.25) is 0 Å². The summed E-state index contributed by atoms with van der Waals surface area (Å²) in [4.78, 5) is 0. The van der Waals surface area contributed by atoms with Crippen LogP contribution in [0.4, 0.5) is 0 Å². The van der Waals surface area contributed by atoms with E-state index in [1.54, 1.807) is 18.9 Å². The van der Waals surface area contributed by atoms with Crippen LogP contribution in [0.5, 0.6) is 5.88 Å².